The second kappa shape index (κ2) is 10.8. The van der Waals surface area contributed by atoms with Crippen LogP contribution in [0.15, 0.2) is 95.8 Å². The van der Waals surface area contributed by atoms with Crippen LogP contribution in [0.3, 0.4) is 0 Å². The standard InChI is InChI=1S/C31H29N3O3/c1-20-8-10-26(21(2)14-20)31(23-6-4-3-5-7-23)34-30(36)16-22-9-11-28-24(15-22)17-29(37-28)27(35)18-25-12-13-32-19-33-25/h3-15,17,19,27,31,35H,16,18H2,1-2H3,(H,34,36)/t27?,31-/m0/s1. The van der Waals surface area contributed by atoms with Gasteiger partial charge in [0.05, 0.1) is 12.5 Å². The third kappa shape index (κ3) is 5.76. The summed E-state index contributed by atoms with van der Waals surface area (Å²) in [6, 6.07) is 25.4. The van der Waals surface area contributed by atoms with E-state index in [0.717, 1.165) is 33.3 Å². The maximum Gasteiger partial charge on any atom is 0.225 e. The summed E-state index contributed by atoms with van der Waals surface area (Å²) >= 11 is 0. The number of aliphatic hydroxyl groups is 1. The fourth-order valence-corrected chi connectivity index (χ4v) is 4.66. The SMILES string of the molecule is Cc1ccc([C@@H](NC(=O)Cc2ccc3oc(C(O)Cc4ccncn4)cc3c2)c2ccccc2)c(C)c1. The van der Waals surface area contributed by atoms with Gasteiger partial charge in [0.2, 0.25) is 5.91 Å². The third-order valence-electron chi connectivity index (χ3n) is 6.51. The van der Waals surface area contributed by atoms with E-state index < -0.39 is 6.10 Å². The number of rotatable bonds is 8. The molecule has 0 aliphatic carbocycles. The van der Waals surface area contributed by atoms with Gasteiger partial charge < -0.3 is 14.8 Å². The Hall–Kier alpha value is -4.29. The Balaban J connectivity index is 1.33. The van der Waals surface area contributed by atoms with E-state index in [1.165, 1.54) is 11.9 Å². The molecule has 6 nitrogen and oxygen atoms in total. The van der Waals surface area contributed by atoms with Gasteiger partial charge in [0, 0.05) is 23.7 Å². The summed E-state index contributed by atoms with van der Waals surface area (Å²) in [5.41, 5.74) is 6.72. The molecule has 186 valence electrons. The molecule has 5 aromatic rings. The lowest BCUT2D eigenvalue weighted by molar-refractivity contribution is -0.120. The third-order valence-corrected chi connectivity index (χ3v) is 6.51. The second-order valence-corrected chi connectivity index (χ2v) is 9.39. The number of amides is 1. The number of aromatic nitrogens is 2. The first-order valence-corrected chi connectivity index (χ1v) is 12.3. The molecule has 0 radical (unpaired) electrons. The van der Waals surface area contributed by atoms with Gasteiger partial charge in [-0.15, -0.1) is 0 Å². The molecule has 0 bridgehead atoms. The van der Waals surface area contributed by atoms with Gasteiger partial charge in [-0.3, -0.25) is 4.79 Å². The summed E-state index contributed by atoms with van der Waals surface area (Å²) in [4.78, 5) is 21.3. The molecule has 1 unspecified atom stereocenters. The highest BCUT2D eigenvalue weighted by atomic mass is 16.4. The Morgan fingerprint density at radius 2 is 1.84 bits per heavy atom. The number of nitrogens with one attached hydrogen (secondary N) is 1. The summed E-state index contributed by atoms with van der Waals surface area (Å²) in [5, 5.41) is 14.7. The molecular weight excluding hydrogens is 462 g/mol. The Kier molecular flexibility index (Phi) is 7.10. The molecule has 5 rings (SSSR count). The van der Waals surface area contributed by atoms with Crippen molar-refractivity contribution in [2.24, 2.45) is 0 Å². The van der Waals surface area contributed by atoms with Gasteiger partial charge in [-0.1, -0.05) is 60.2 Å². The molecule has 1 amide bonds. The Bertz CT molecular complexity index is 1510. The zero-order valence-corrected chi connectivity index (χ0v) is 20.9. The summed E-state index contributed by atoms with van der Waals surface area (Å²) in [6.45, 7) is 4.15. The average molecular weight is 492 g/mol. The molecule has 2 atom stereocenters. The molecule has 0 aliphatic rings. The number of hydrogen-bond donors (Lipinski definition) is 2. The highest BCUT2D eigenvalue weighted by Gasteiger charge is 2.20. The first kappa shape index (κ1) is 24.4. The number of hydrogen-bond acceptors (Lipinski definition) is 5. The predicted octanol–water partition coefficient (Wildman–Crippen LogP) is 5.56. The van der Waals surface area contributed by atoms with Crippen LogP contribution in [0.4, 0.5) is 0 Å². The lowest BCUT2D eigenvalue weighted by Crippen LogP contribution is -2.31. The van der Waals surface area contributed by atoms with E-state index in [1.807, 2.05) is 54.6 Å². The topological polar surface area (TPSA) is 88.2 Å². The van der Waals surface area contributed by atoms with Crippen LogP contribution in [0.5, 0.6) is 0 Å². The number of nitrogens with zero attached hydrogens (tertiary/aromatic N) is 2. The molecule has 0 saturated carbocycles. The molecular formula is C31H29N3O3. The van der Waals surface area contributed by atoms with Crippen LogP contribution in [0.2, 0.25) is 0 Å². The van der Waals surface area contributed by atoms with Crippen molar-refractivity contribution in [3.05, 3.63) is 131 Å². The maximum atomic E-state index is 13.2. The van der Waals surface area contributed by atoms with Crippen molar-refractivity contribution in [1.82, 2.24) is 15.3 Å². The van der Waals surface area contributed by atoms with E-state index in [2.05, 4.69) is 47.3 Å². The van der Waals surface area contributed by atoms with Gasteiger partial charge in [-0.2, -0.15) is 0 Å². The van der Waals surface area contributed by atoms with Crippen LogP contribution in [0.25, 0.3) is 11.0 Å². The summed E-state index contributed by atoms with van der Waals surface area (Å²) < 4.78 is 5.87. The van der Waals surface area contributed by atoms with Crippen LogP contribution in [-0.4, -0.2) is 21.0 Å². The number of aliphatic hydroxyl groups excluding tert-OH is 1. The van der Waals surface area contributed by atoms with Gasteiger partial charge >= 0.3 is 0 Å². The molecule has 37 heavy (non-hydrogen) atoms. The van der Waals surface area contributed by atoms with Crippen LogP contribution < -0.4 is 5.32 Å². The van der Waals surface area contributed by atoms with Gasteiger partial charge in [0.25, 0.3) is 0 Å². The Morgan fingerprint density at radius 1 is 1.00 bits per heavy atom. The van der Waals surface area contributed by atoms with Gasteiger partial charge in [0.1, 0.15) is 23.8 Å². The highest BCUT2D eigenvalue weighted by molar-refractivity contribution is 5.83. The normalized spacial score (nSPS) is 12.8. The molecule has 2 heterocycles. The van der Waals surface area contributed by atoms with Crippen LogP contribution in [-0.2, 0) is 17.6 Å². The molecule has 2 aromatic heterocycles. The quantitative estimate of drug-likeness (QED) is 0.297. The smallest absolute Gasteiger partial charge is 0.225 e. The average Bonchev–Trinajstić information content (AvgIpc) is 3.33. The monoisotopic (exact) mass is 491 g/mol. The molecule has 0 spiro atoms. The summed E-state index contributed by atoms with van der Waals surface area (Å²) in [5.74, 6) is 0.398. The number of carbonyl (C=O) groups excluding carboxylic acids is 1. The zero-order chi connectivity index (χ0) is 25.8. The highest BCUT2D eigenvalue weighted by Crippen LogP contribution is 2.28. The minimum Gasteiger partial charge on any atom is -0.458 e. The Labute approximate surface area is 216 Å². The maximum absolute atomic E-state index is 13.2. The van der Waals surface area contributed by atoms with E-state index >= 15 is 0 Å². The van der Waals surface area contributed by atoms with Crippen LogP contribution >= 0.6 is 0 Å². The van der Waals surface area contributed by atoms with E-state index in [-0.39, 0.29) is 18.4 Å². The van der Waals surface area contributed by atoms with Crippen LogP contribution in [0, 0.1) is 13.8 Å². The van der Waals surface area contributed by atoms with E-state index in [9.17, 15) is 9.90 Å². The van der Waals surface area contributed by atoms with Crippen molar-refractivity contribution in [2.75, 3.05) is 0 Å². The minimum absolute atomic E-state index is 0.0688. The van der Waals surface area contributed by atoms with Crippen molar-refractivity contribution in [1.29, 1.82) is 0 Å². The number of aryl methyl sites for hydroxylation is 2. The largest absolute Gasteiger partial charge is 0.458 e. The van der Waals surface area contributed by atoms with Crippen LogP contribution in [0.1, 0.15) is 51.4 Å². The lowest BCUT2D eigenvalue weighted by atomic mass is 9.93. The Morgan fingerprint density at radius 3 is 2.59 bits per heavy atom. The van der Waals surface area contributed by atoms with Crippen molar-refractivity contribution in [2.45, 2.75) is 38.8 Å². The summed E-state index contributed by atoms with van der Waals surface area (Å²) in [6.07, 6.45) is 2.84. The molecule has 0 saturated heterocycles. The first-order chi connectivity index (χ1) is 18.0. The van der Waals surface area contributed by atoms with Crippen molar-refractivity contribution < 1.29 is 14.3 Å². The summed E-state index contributed by atoms with van der Waals surface area (Å²) in [7, 11) is 0. The number of fused-ring (bicyclic) bond motifs is 1. The fraction of sp³-hybridized carbons (Fsp3) is 0.194. The molecule has 0 aliphatic heterocycles. The lowest BCUT2D eigenvalue weighted by Gasteiger charge is -2.22. The van der Waals surface area contributed by atoms with Crippen molar-refractivity contribution >= 4 is 16.9 Å². The van der Waals surface area contributed by atoms with Crippen molar-refractivity contribution in [3.8, 4) is 0 Å². The molecule has 3 aromatic carbocycles. The molecule has 0 fully saturated rings. The number of carbonyl (C=O) groups is 1. The van der Waals surface area contributed by atoms with Gasteiger partial charge in [-0.25, -0.2) is 9.97 Å². The van der Waals surface area contributed by atoms with Crippen molar-refractivity contribution in [3.63, 3.8) is 0 Å². The number of benzene rings is 3. The molecule has 2 N–H and O–H groups in total. The zero-order valence-electron chi connectivity index (χ0n) is 20.9. The minimum atomic E-state index is -0.821. The number of furan rings is 1. The first-order valence-electron chi connectivity index (χ1n) is 12.3. The van der Waals surface area contributed by atoms with E-state index in [4.69, 9.17) is 4.42 Å². The van der Waals surface area contributed by atoms with Gasteiger partial charge in [0.15, 0.2) is 0 Å². The fourth-order valence-electron chi connectivity index (χ4n) is 4.66. The van der Waals surface area contributed by atoms with E-state index in [0.29, 0.717) is 17.8 Å². The van der Waals surface area contributed by atoms with Gasteiger partial charge in [-0.05, 0) is 60.4 Å². The predicted molar refractivity (Wildman–Crippen MR) is 143 cm³/mol. The second-order valence-electron chi connectivity index (χ2n) is 9.39. The van der Waals surface area contributed by atoms with E-state index in [1.54, 1.807) is 12.3 Å². The molecule has 6 heteroatoms.